The average molecular weight is 367 g/mol. The van der Waals surface area contributed by atoms with Crippen molar-refractivity contribution in [2.75, 3.05) is 0 Å². The molecule has 0 unspecified atom stereocenters. The Morgan fingerprint density at radius 2 is 1.34 bits per heavy atom. The van der Waals surface area contributed by atoms with Crippen LogP contribution in [-0.2, 0) is 5.41 Å². The van der Waals surface area contributed by atoms with Gasteiger partial charge in [-0.15, -0.1) is 0 Å². The van der Waals surface area contributed by atoms with Crippen LogP contribution >= 0.6 is 0 Å². The lowest BCUT2D eigenvalue weighted by molar-refractivity contribution is 0.808. The molecule has 2 aliphatic rings. The van der Waals surface area contributed by atoms with Gasteiger partial charge in [0, 0.05) is 0 Å². The van der Waals surface area contributed by atoms with Gasteiger partial charge in [-0.25, -0.2) is 0 Å². The highest BCUT2D eigenvalue weighted by molar-refractivity contribution is 5.96. The van der Waals surface area contributed by atoms with Crippen LogP contribution in [-0.4, -0.2) is 0 Å². The van der Waals surface area contributed by atoms with Gasteiger partial charge in [0.2, 0.25) is 0 Å². The fourth-order valence-corrected chi connectivity index (χ4v) is 4.77. The Morgan fingerprint density at radius 1 is 0.690 bits per heavy atom. The van der Waals surface area contributed by atoms with Gasteiger partial charge >= 0.3 is 0 Å². The van der Waals surface area contributed by atoms with Crippen molar-refractivity contribution in [2.45, 2.75) is 5.41 Å². The summed E-state index contributed by atoms with van der Waals surface area (Å²) < 4.78 is 0. The standard InChI is InChI=1S/C29H19/c1-3-10-24(11-4-1)29(25-12-5-2-6-13-25)18-17-27-23(20-29)19-22-16-15-21-9-7-8-14-26(21)28(22)27/h1-15,17-20H. The number of fused-ring (bicyclic) bond motifs is 4. The maximum atomic E-state index is 3.50. The van der Waals surface area contributed by atoms with Crippen molar-refractivity contribution in [3.63, 3.8) is 0 Å². The highest BCUT2D eigenvalue weighted by Crippen LogP contribution is 2.41. The maximum Gasteiger partial charge on any atom is 0.0574 e. The van der Waals surface area contributed by atoms with Crippen LogP contribution in [0.5, 0.6) is 0 Å². The van der Waals surface area contributed by atoms with E-state index in [1.807, 2.05) is 0 Å². The number of benzene rings is 4. The minimum Gasteiger partial charge on any atom is -0.0651 e. The molecule has 0 amide bonds. The van der Waals surface area contributed by atoms with Gasteiger partial charge in [0.15, 0.2) is 0 Å². The molecular formula is C29H19. The number of allylic oxidation sites excluding steroid dienone is 4. The van der Waals surface area contributed by atoms with Crippen molar-refractivity contribution in [3.8, 4) is 0 Å². The quantitative estimate of drug-likeness (QED) is 0.464. The van der Waals surface area contributed by atoms with Crippen LogP contribution in [0.3, 0.4) is 0 Å². The summed E-state index contributed by atoms with van der Waals surface area (Å²) in [6, 6.07) is 35.8. The van der Waals surface area contributed by atoms with Crippen LogP contribution in [0.4, 0.5) is 0 Å². The maximum absolute atomic E-state index is 3.50. The van der Waals surface area contributed by atoms with E-state index in [0.717, 1.165) is 0 Å². The van der Waals surface area contributed by atoms with Gasteiger partial charge in [0.05, 0.1) is 5.41 Å². The first-order valence-electron chi connectivity index (χ1n) is 10.0. The summed E-state index contributed by atoms with van der Waals surface area (Å²) in [7, 11) is 0. The summed E-state index contributed by atoms with van der Waals surface area (Å²) in [5.74, 6) is 0. The molecule has 0 heterocycles. The zero-order valence-corrected chi connectivity index (χ0v) is 16.0. The van der Waals surface area contributed by atoms with Crippen molar-refractivity contribution in [2.24, 2.45) is 0 Å². The van der Waals surface area contributed by atoms with Gasteiger partial charge in [-0.05, 0) is 61.7 Å². The third-order valence-corrected chi connectivity index (χ3v) is 6.16. The molecule has 135 valence electrons. The molecule has 0 N–H and O–H groups in total. The van der Waals surface area contributed by atoms with Crippen molar-refractivity contribution in [3.05, 3.63) is 142 Å². The Hall–Kier alpha value is -3.64. The van der Waals surface area contributed by atoms with E-state index < -0.39 is 0 Å². The van der Waals surface area contributed by atoms with E-state index in [2.05, 4.69) is 121 Å². The highest BCUT2D eigenvalue weighted by Gasteiger charge is 2.33. The van der Waals surface area contributed by atoms with E-state index in [4.69, 9.17) is 0 Å². The second kappa shape index (κ2) is 6.18. The molecule has 0 fully saturated rings. The van der Waals surface area contributed by atoms with Gasteiger partial charge in [-0.3, -0.25) is 0 Å². The van der Waals surface area contributed by atoms with Gasteiger partial charge in [0.25, 0.3) is 0 Å². The lowest BCUT2D eigenvalue weighted by Crippen LogP contribution is -2.26. The molecule has 0 saturated carbocycles. The average Bonchev–Trinajstić information content (AvgIpc) is 3.18. The Labute approximate surface area is 170 Å². The number of hydrogen-bond acceptors (Lipinski definition) is 0. The summed E-state index contributed by atoms with van der Waals surface area (Å²) in [5, 5.41) is 5.03. The van der Waals surface area contributed by atoms with Crippen molar-refractivity contribution in [1.29, 1.82) is 0 Å². The Bertz CT molecular complexity index is 1380. The van der Waals surface area contributed by atoms with E-state index in [-0.39, 0.29) is 5.41 Å². The first-order chi connectivity index (χ1) is 14.4. The third kappa shape index (κ3) is 2.39. The van der Waals surface area contributed by atoms with Crippen LogP contribution in [0, 0.1) is 6.07 Å². The minimum atomic E-state index is -0.268. The molecule has 0 spiro atoms. The second-order valence-electron chi connectivity index (χ2n) is 7.76. The summed E-state index contributed by atoms with van der Waals surface area (Å²) in [6.45, 7) is 0. The zero-order valence-electron chi connectivity index (χ0n) is 16.0. The molecule has 29 heavy (non-hydrogen) atoms. The molecule has 4 aromatic rings. The summed E-state index contributed by atoms with van der Waals surface area (Å²) in [6.07, 6.45) is 9.40. The van der Waals surface area contributed by atoms with Crippen molar-refractivity contribution in [1.82, 2.24) is 0 Å². The lowest BCUT2D eigenvalue weighted by atomic mass is 9.70. The molecule has 2 aliphatic carbocycles. The molecule has 0 bridgehead atoms. The molecule has 0 saturated heterocycles. The largest absolute Gasteiger partial charge is 0.0651 e. The minimum absolute atomic E-state index is 0.268. The summed E-state index contributed by atoms with van der Waals surface area (Å²) in [5.41, 5.74) is 4.88. The predicted octanol–water partition coefficient (Wildman–Crippen LogP) is 5.07. The van der Waals surface area contributed by atoms with Crippen LogP contribution in [0.1, 0.15) is 11.1 Å². The fourth-order valence-electron chi connectivity index (χ4n) is 4.77. The van der Waals surface area contributed by atoms with E-state index >= 15 is 0 Å². The van der Waals surface area contributed by atoms with Crippen LogP contribution < -0.4 is 10.4 Å². The first kappa shape index (κ1) is 16.3. The molecule has 6 rings (SSSR count). The van der Waals surface area contributed by atoms with Crippen LogP contribution in [0.2, 0.25) is 0 Å². The molecule has 1 radical (unpaired) electrons. The van der Waals surface area contributed by atoms with Gasteiger partial charge in [-0.2, -0.15) is 0 Å². The third-order valence-electron chi connectivity index (χ3n) is 6.16. The van der Waals surface area contributed by atoms with E-state index in [9.17, 15) is 0 Å². The van der Waals surface area contributed by atoms with Crippen LogP contribution in [0.25, 0.3) is 22.4 Å². The van der Waals surface area contributed by atoms with Crippen molar-refractivity contribution >= 4 is 22.4 Å². The fraction of sp³-hybridized carbons (Fsp3) is 0.0345. The van der Waals surface area contributed by atoms with Crippen LogP contribution in [0.15, 0.2) is 115 Å². The highest BCUT2D eigenvalue weighted by atomic mass is 14.4. The summed E-state index contributed by atoms with van der Waals surface area (Å²) >= 11 is 0. The molecule has 0 nitrogen and oxygen atoms in total. The number of rotatable bonds is 2. The summed E-state index contributed by atoms with van der Waals surface area (Å²) in [4.78, 5) is 0. The topological polar surface area (TPSA) is 0 Å². The molecule has 0 atom stereocenters. The zero-order chi connectivity index (χ0) is 19.3. The van der Waals surface area contributed by atoms with E-state index in [0.29, 0.717) is 0 Å². The molecule has 0 heteroatoms. The van der Waals surface area contributed by atoms with E-state index in [1.165, 1.54) is 43.5 Å². The normalized spacial score (nSPS) is 16.1. The second-order valence-corrected chi connectivity index (χ2v) is 7.76. The number of hydrogen-bond donors (Lipinski definition) is 0. The first-order valence-corrected chi connectivity index (χ1v) is 10.0. The van der Waals surface area contributed by atoms with Gasteiger partial charge in [-0.1, -0.05) is 103 Å². The predicted molar refractivity (Wildman–Crippen MR) is 121 cm³/mol. The Kier molecular flexibility index (Phi) is 3.48. The Morgan fingerprint density at radius 3 is 2.07 bits per heavy atom. The van der Waals surface area contributed by atoms with E-state index in [1.54, 1.807) is 0 Å². The SMILES string of the molecule is [c]1cc2ccccc2c2c1=CC1=CC(c3ccccc3)(c3ccccc3)C=CC=21. The molecule has 0 aromatic heterocycles. The van der Waals surface area contributed by atoms with Crippen molar-refractivity contribution < 1.29 is 0 Å². The van der Waals surface area contributed by atoms with Gasteiger partial charge < -0.3 is 0 Å². The smallest absolute Gasteiger partial charge is 0.0574 e. The molecule has 4 aromatic carbocycles. The molecule has 0 aliphatic heterocycles. The lowest BCUT2D eigenvalue weighted by Gasteiger charge is -2.32. The Balaban J connectivity index is 1.67. The van der Waals surface area contributed by atoms with Gasteiger partial charge in [0.1, 0.15) is 0 Å². The monoisotopic (exact) mass is 367 g/mol. The molecular weight excluding hydrogens is 348 g/mol.